The van der Waals surface area contributed by atoms with Crippen LogP contribution in [0.2, 0.25) is 0 Å². The number of hydrogen-bond donors (Lipinski definition) is 1. The lowest BCUT2D eigenvalue weighted by Gasteiger charge is -2.17. The smallest absolute Gasteiger partial charge is 0.0233 e. The Hall–Kier alpha value is -0.860. The van der Waals surface area contributed by atoms with Gasteiger partial charge in [-0.15, -0.1) is 0 Å². The average molecular weight is 248 g/mol. The molecule has 0 saturated carbocycles. The van der Waals surface area contributed by atoms with Gasteiger partial charge < -0.3 is 10.2 Å². The highest BCUT2D eigenvalue weighted by atomic mass is 15.1. The quantitative estimate of drug-likeness (QED) is 0.675. The van der Waals surface area contributed by atoms with Crippen LogP contribution in [-0.2, 0) is 6.54 Å². The zero-order valence-corrected chi connectivity index (χ0v) is 12.2. The summed E-state index contributed by atoms with van der Waals surface area (Å²) < 4.78 is 0. The molecule has 1 aromatic carbocycles. The van der Waals surface area contributed by atoms with Crippen LogP contribution in [0.4, 0.5) is 0 Å². The minimum absolute atomic E-state index is 1.07. The molecule has 102 valence electrons. The Labute approximate surface area is 112 Å². The zero-order chi connectivity index (χ0) is 13.2. The summed E-state index contributed by atoms with van der Waals surface area (Å²) in [5.74, 6) is 0. The first kappa shape index (κ1) is 15.2. The predicted octanol–water partition coefficient (Wildman–Crippen LogP) is 3.21. The average Bonchev–Trinajstić information content (AvgIpc) is 2.36. The van der Waals surface area contributed by atoms with Crippen molar-refractivity contribution in [3.8, 4) is 0 Å². The van der Waals surface area contributed by atoms with E-state index in [1.165, 1.54) is 43.4 Å². The normalized spacial score (nSPS) is 11.1. The number of benzene rings is 1. The van der Waals surface area contributed by atoms with Crippen LogP contribution < -0.4 is 5.32 Å². The molecule has 0 aromatic heterocycles. The van der Waals surface area contributed by atoms with Crippen LogP contribution in [0.1, 0.15) is 36.8 Å². The third-order valence-electron chi connectivity index (χ3n) is 3.42. The Morgan fingerprint density at radius 1 is 1.06 bits per heavy atom. The fourth-order valence-corrected chi connectivity index (χ4v) is 2.19. The van der Waals surface area contributed by atoms with Crippen molar-refractivity contribution in [2.75, 3.05) is 27.2 Å². The van der Waals surface area contributed by atoms with E-state index in [0.717, 1.165) is 13.1 Å². The maximum absolute atomic E-state index is 3.20. The van der Waals surface area contributed by atoms with Crippen molar-refractivity contribution in [1.29, 1.82) is 0 Å². The number of aryl methyl sites for hydroxylation is 1. The van der Waals surface area contributed by atoms with Crippen LogP contribution >= 0.6 is 0 Å². The van der Waals surface area contributed by atoms with Gasteiger partial charge in [-0.3, -0.25) is 0 Å². The molecule has 0 spiro atoms. The highest BCUT2D eigenvalue weighted by Gasteiger charge is 2.02. The van der Waals surface area contributed by atoms with E-state index in [4.69, 9.17) is 0 Å². The summed E-state index contributed by atoms with van der Waals surface area (Å²) in [6.45, 7) is 5.62. The van der Waals surface area contributed by atoms with E-state index in [1.54, 1.807) is 0 Å². The lowest BCUT2D eigenvalue weighted by molar-refractivity contribution is 0.316. The third kappa shape index (κ3) is 6.18. The Bertz CT molecular complexity index is 323. The van der Waals surface area contributed by atoms with E-state index in [1.807, 2.05) is 7.05 Å². The van der Waals surface area contributed by atoms with E-state index in [0.29, 0.717) is 0 Å². The van der Waals surface area contributed by atoms with E-state index >= 15 is 0 Å². The lowest BCUT2D eigenvalue weighted by Crippen LogP contribution is -2.19. The second kappa shape index (κ2) is 9.12. The van der Waals surface area contributed by atoms with Crippen LogP contribution in [0, 0.1) is 6.92 Å². The molecule has 0 atom stereocenters. The Morgan fingerprint density at radius 2 is 1.78 bits per heavy atom. The first-order chi connectivity index (χ1) is 8.74. The Balaban J connectivity index is 2.14. The molecule has 0 aliphatic rings. The van der Waals surface area contributed by atoms with Gasteiger partial charge in [0.2, 0.25) is 0 Å². The SMILES string of the molecule is CNCCCCCCN(C)Cc1ccccc1C. The minimum Gasteiger partial charge on any atom is -0.320 e. The summed E-state index contributed by atoms with van der Waals surface area (Å²) in [6, 6.07) is 8.67. The molecular weight excluding hydrogens is 220 g/mol. The molecule has 1 aromatic rings. The highest BCUT2D eigenvalue weighted by molar-refractivity contribution is 5.25. The second-order valence-electron chi connectivity index (χ2n) is 5.18. The molecule has 0 radical (unpaired) electrons. The van der Waals surface area contributed by atoms with Crippen molar-refractivity contribution in [3.63, 3.8) is 0 Å². The monoisotopic (exact) mass is 248 g/mol. The first-order valence-electron chi connectivity index (χ1n) is 7.11. The molecule has 1 rings (SSSR count). The van der Waals surface area contributed by atoms with Gasteiger partial charge in [0.1, 0.15) is 0 Å². The van der Waals surface area contributed by atoms with Crippen LogP contribution in [-0.4, -0.2) is 32.1 Å². The second-order valence-corrected chi connectivity index (χ2v) is 5.18. The number of nitrogens with zero attached hydrogens (tertiary/aromatic N) is 1. The molecule has 2 nitrogen and oxygen atoms in total. The number of unbranched alkanes of at least 4 members (excludes halogenated alkanes) is 3. The van der Waals surface area contributed by atoms with Gasteiger partial charge in [0, 0.05) is 6.54 Å². The molecule has 0 aliphatic carbocycles. The fraction of sp³-hybridized carbons (Fsp3) is 0.625. The van der Waals surface area contributed by atoms with Crippen LogP contribution in [0.25, 0.3) is 0 Å². The summed E-state index contributed by atoms with van der Waals surface area (Å²) in [4.78, 5) is 2.43. The molecule has 1 N–H and O–H groups in total. The molecule has 0 bridgehead atoms. The summed E-state index contributed by atoms with van der Waals surface area (Å²) in [7, 11) is 4.25. The molecule has 18 heavy (non-hydrogen) atoms. The zero-order valence-electron chi connectivity index (χ0n) is 12.2. The van der Waals surface area contributed by atoms with E-state index < -0.39 is 0 Å². The highest BCUT2D eigenvalue weighted by Crippen LogP contribution is 2.10. The van der Waals surface area contributed by atoms with Gasteiger partial charge in [0.05, 0.1) is 0 Å². The molecule has 0 unspecified atom stereocenters. The van der Waals surface area contributed by atoms with Crippen LogP contribution in [0.3, 0.4) is 0 Å². The van der Waals surface area contributed by atoms with Crippen molar-refractivity contribution in [3.05, 3.63) is 35.4 Å². The van der Waals surface area contributed by atoms with Gasteiger partial charge in [-0.05, 0) is 58.1 Å². The van der Waals surface area contributed by atoms with Crippen molar-refractivity contribution < 1.29 is 0 Å². The standard InChI is InChI=1S/C16H28N2/c1-15-10-6-7-11-16(15)14-18(3)13-9-5-4-8-12-17-2/h6-7,10-11,17H,4-5,8-9,12-14H2,1-3H3. The largest absolute Gasteiger partial charge is 0.320 e. The molecule has 0 fully saturated rings. The van der Waals surface area contributed by atoms with E-state index in [-0.39, 0.29) is 0 Å². The molecule has 2 heteroatoms. The van der Waals surface area contributed by atoms with Gasteiger partial charge in [-0.25, -0.2) is 0 Å². The van der Waals surface area contributed by atoms with Gasteiger partial charge in [-0.1, -0.05) is 37.1 Å². The van der Waals surface area contributed by atoms with E-state index in [9.17, 15) is 0 Å². The van der Waals surface area contributed by atoms with Gasteiger partial charge in [-0.2, -0.15) is 0 Å². The molecule has 0 saturated heterocycles. The van der Waals surface area contributed by atoms with Gasteiger partial charge >= 0.3 is 0 Å². The predicted molar refractivity (Wildman–Crippen MR) is 79.9 cm³/mol. The van der Waals surface area contributed by atoms with E-state index in [2.05, 4.69) is 48.5 Å². The molecule has 0 aliphatic heterocycles. The molecular formula is C16H28N2. The van der Waals surface area contributed by atoms with Gasteiger partial charge in [0.15, 0.2) is 0 Å². The van der Waals surface area contributed by atoms with Gasteiger partial charge in [0.25, 0.3) is 0 Å². The van der Waals surface area contributed by atoms with Crippen molar-refractivity contribution in [2.24, 2.45) is 0 Å². The summed E-state index contributed by atoms with van der Waals surface area (Å²) in [5.41, 5.74) is 2.86. The molecule has 0 heterocycles. The lowest BCUT2D eigenvalue weighted by atomic mass is 10.1. The number of nitrogens with one attached hydrogen (secondary N) is 1. The van der Waals surface area contributed by atoms with Crippen LogP contribution in [0.5, 0.6) is 0 Å². The first-order valence-corrected chi connectivity index (χ1v) is 7.11. The molecule has 0 amide bonds. The summed E-state index contributed by atoms with van der Waals surface area (Å²) >= 11 is 0. The maximum atomic E-state index is 3.20. The minimum atomic E-state index is 1.07. The van der Waals surface area contributed by atoms with Crippen LogP contribution in [0.15, 0.2) is 24.3 Å². The number of hydrogen-bond acceptors (Lipinski definition) is 2. The Morgan fingerprint density at radius 3 is 2.50 bits per heavy atom. The number of rotatable bonds is 9. The summed E-state index contributed by atoms with van der Waals surface area (Å²) in [5, 5.41) is 3.20. The third-order valence-corrected chi connectivity index (χ3v) is 3.42. The fourth-order valence-electron chi connectivity index (χ4n) is 2.19. The maximum Gasteiger partial charge on any atom is 0.0233 e. The van der Waals surface area contributed by atoms with Crippen molar-refractivity contribution >= 4 is 0 Å². The van der Waals surface area contributed by atoms with Crippen molar-refractivity contribution in [1.82, 2.24) is 10.2 Å². The van der Waals surface area contributed by atoms with Crippen molar-refractivity contribution in [2.45, 2.75) is 39.2 Å². The Kier molecular flexibility index (Phi) is 7.70. The topological polar surface area (TPSA) is 15.3 Å². The summed E-state index contributed by atoms with van der Waals surface area (Å²) in [6.07, 6.45) is 5.31.